The molecular formula is C17H21N5O4. The zero-order valence-corrected chi connectivity index (χ0v) is 14.9. The first kappa shape index (κ1) is 19.2. The molecule has 0 bridgehead atoms. The number of nitrogens with one attached hydrogen (secondary N) is 2. The van der Waals surface area contributed by atoms with Crippen molar-refractivity contribution < 1.29 is 14.7 Å². The summed E-state index contributed by atoms with van der Waals surface area (Å²) in [5.74, 6) is -0.778. The van der Waals surface area contributed by atoms with Crippen LogP contribution in [0.5, 0.6) is 0 Å². The van der Waals surface area contributed by atoms with Crippen molar-refractivity contribution in [3.05, 3.63) is 40.1 Å². The van der Waals surface area contributed by atoms with Crippen LogP contribution in [0.4, 0.5) is 0 Å². The molecule has 2 rings (SSSR count). The number of amides is 1. The molecule has 0 aliphatic carbocycles. The van der Waals surface area contributed by atoms with Gasteiger partial charge in [0.05, 0.1) is 6.42 Å². The van der Waals surface area contributed by atoms with E-state index in [2.05, 4.69) is 25.3 Å². The first-order valence-corrected chi connectivity index (χ1v) is 8.08. The Morgan fingerprint density at radius 3 is 2.50 bits per heavy atom. The Hall–Kier alpha value is -3.10. The van der Waals surface area contributed by atoms with Gasteiger partial charge in [-0.1, -0.05) is 0 Å². The highest BCUT2D eigenvalue weighted by Gasteiger charge is 2.23. The summed E-state index contributed by atoms with van der Waals surface area (Å²) in [4.78, 5) is 50.2. The molecule has 0 saturated carbocycles. The lowest BCUT2D eigenvalue weighted by Crippen LogP contribution is -2.45. The van der Waals surface area contributed by atoms with Crippen LogP contribution in [-0.2, 0) is 16.0 Å². The molecule has 0 saturated heterocycles. The number of H-pyrrole nitrogens is 1. The summed E-state index contributed by atoms with van der Waals surface area (Å²) in [6.07, 6.45) is 3.16. The van der Waals surface area contributed by atoms with E-state index in [0.717, 1.165) is 0 Å². The standard InChI is InChI=1S/C17H21N5O4/c1-10-11(9-12(23)22-17(2,3)6-5-13(24)25)16(26)21-15(20-10)14-18-7-4-8-19-14/h4,7-8H,5-6,9H2,1-3H3,(H,22,23)(H,24,25)(H,20,21,26). The Kier molecular flexibility index (Phi) is 5.81. The van der Waals surface area contributed by atoms with Gasteiger partial charge in [-0.3, -0.25) is 14.4 Å². The second-order valence-electron chi connectivity index (χ2n) is 6.55. The molecule has 1 amide bonds. The van der Waals surface area contributed by atoms with Gasteiger partial charge in [0.15, 0.2) is 11.6 Å². The van der Waals surface area contributed by atoms with Crippen molar-refractivity contribution in [1.82, 2.24) is 25.3 Å². The summed E-state index contributed by atoms with van der Waals surface area (Å²) < 4.78 is 0. The number of carbonyl (C=O) groups excluding carboxylic acids is 1. The predicted molar refractivity (Wildman–Crippen MR) is 93.4 cm³/mol. The van der Waals surface area contributed by atoms with E-state index in [4.69, 9.17) is 5.11 Å². The summed E-state index contributed by atoms with van der Waals surface area (Å²) in [7, 11) is 0. The van der Waals surface area contributed by atoms with Crippen molar-refractivity contribution in [2.45, 2.75) is 45.6 Å². The van der Waals surface area contributed by atoms with Crippen molar-refractivity contribution in [2.24, 2.45) is 0 Å². The van der Waals surface area contributed by atoms with Crippen molar-refractivity contribution in [3.63, 3.8) is 0 Å². The topological polar surface area (TPSA) is 138 Å². The molecule has 3 N–H and O–H groups in total. The van der Waals surface area contributed by atoms with Crippen LogP contribution in [0, 0.1) is 6.92 Å². The van der Waals surface area contributed by atoms with E-state index in [1.807, 2.05) is 0 Å². The van der Waals surface area contributed by atoms with Gasteiger partial charge in [0.1, 0.15) is 0 Å². The summed E-state index contributed by atoms with van der Waals surface area (Å²) in [5, 5.41) is 11.5. The molecule has 0 fully saturated rings. The third-order valence-electron chi connectivity index (χ3n) is 3.78. The maximum absolute atomic E-state index is 12.3. The van der Waals surface area contributed by atoms with Crippen LogP contribution in [0.25, 0.3) is 11.6 Å². The monoisotopic (exact) mass is 359 g/mol. The van der Waals surface area contributed by atoms with E-state index in [1.54, 1.807) is 26.8 Å². The van der Waals surface area contributed by atoms with Crippen LogP contribution in [0.1, 0.15) is 37.9 Å². The smallest absolute Gasteiger partial charge is 0.303 e. The summed E-state index contributed by atoms with van der Waals surface area (Å²) >= 11 is 0. The van der Waals surface area contributed by atoms with Crippen LogP contribution in [-0.4, -0.2) is 42.5 Å². The second-order valence-corrected chi connectivity index (χ2v) is 6.55. The molecule has 0 spiro atoms. The number of aryl methyl sites for hydroxylation is 1. The highest BCUT2D eigenvalue weighted by Crippen LogP contribution is 2.13. The number of hydrogen-bond acceptors (Lipinski definition) is 6. The van der Waals surface area contributed by atoms with E-state index in [-0.39, 0.29) is 36.6 Å². The normalized spacial score (nSPS) is 11.2. The van der Waals surface area contributed by atoms with Crippen molar-refractivity contribution in [3.8, 4) is 11.6 Å². The van der Waals surface area contributed by atoms with Gasteiger partial charge in [-0.05, 0) is 33.3 Å². The minimum Gasteiger partial charge on any atom is -0.481 e. The van der Waals surface area contributed by atoms with Crippen LogP contribution >= 0.6 is 0 Å². The van der Waals surface area contributed by atoms with E-state index in [1.165, 1.54) is 12.4 Å². The van der Waals surface area contributed by atoms with Gasteiger partial charge in [0.2, 0.25) is 5.91 Å². The van der Waals surface area contributed by atoms with E-state index < -0.39 is 17.1 Å². The molecule has 138 valence electrons. The van der Waals surface area contributed by atoms with Gasteiger partial charge in [0.25, 0.3) is 5.56 Å². The lowest BCUT2D eigenvalue weighted by Gasteiger charge is -2.25. The third-order valence-corrected chi connectivity index (χ3v) is 3.78. The fraction of sp³-hybridized carbons (Fsp3) is 0.412. The number of hydrogen-bond donors (Lipinski definition) is 3. The first-order valence-electron chi connectivity index (χ1n) is 8.08. The molecule has 0 radical (unpaired) electrons. The Morgan fingerprint density at radius 2 is 1.92 bits per heavy atom. The van der Waals surface area contributed by atoms with Gasteiger partial charge in [-0.25, -0.2) is 15.0 Å². The number of carboxylic acids is 1. The average molecular weight is 359 g/mol. The maximum atomic E-state index is 12.3. The van der Waals surface area contributed by atoms with Crippen LogP contribution in [0.3, 0.4) is 0 Å². The number of aromatic nitrogens is 4. The quantitative estimate of drug-likeness (QED) is 0.666. The number of carbonyl (C=O) groups is 2. The van der Waals surface area contributed by atoms with Crippen LogP contribution in [0.2, 0.25) is 0 Å². The maximum Gasteiger partial charge on any atom is 0.303 e. The minimum absolute atomic E-state index is 0.0553. The molecular weight excluding hydrogens is 338 g/mol. The van der Waals surface area contributed by atoms with Crippen molar-refractivity contribution in [1.29, 1.82) is 0 Å². The van der Waals surface area contributed by atoms with Crippen molar-refractivity contribution in [2.75, 3.05) is 0 Å². The van der Waals surface area contributed by atoms with Gasteiger partial charge >= 0.3 is 5.97 Å². The molecule has 0 aliphatic rings. The number of aliphatic carboxylic acids is 1. The number of rotatable bonds is 7. The average Bonchev–Trinajstić information content (AvgIpc) is 2.56. The van der Waals surface area contributed by atoms with E-state index in [0.29, 0.717) is 11.5 Å². The summed E-state index contributed by atoms with van der Waals surface area (Å²) in [5.41, 5.74) is -0.467. The summed E-state index contributed by atoms with van der Waals surface area (Å²) in [6, 6.07) is 1.65. The molecule has 9 heteroatoms. The van der Waals surface area contributed by atoms with Crippen LogP contribution in [0.15, 0.2) is 23.3 Å². The Morgan fingerprint density at radius 1 is 1.27 bits per heavy atom. The Bertz CT molecular complexity index is 861. The molecule has 0 unspecified atom stereocenters. The fourth-order valence-corrected chi connectivity index (χ4v) is 2.41. The number of nitrogens with zero attached hydrogens (tertiary/aromatic N) is 3. The van der Waals surface area contributed by atoms with E-state index >= 15 is 0 Å². The van der Waals surface area contributed by atoms with Gasteiger partial charge < -0.3 is 15.4 Å². The number of carboxylic acid groups (broad SMARTS) is 1. The molecule has 0 atom stereocenters. The molecule has 0 aliphatic heterocycles. The lowest BCUT2D eigenvalue weighted by atomic mass is 9.98. The molecule has 2 aromatic rings. The van der Waals surface area contributed by atoms with Gasteiger partial charge in [-0.15, -0.1) is 0 Å². The van der Waals surface area contributed by atoms with Gasteiger partial charge in [-0.2, -0.15) is 0 Å². The lowest BCUT2D eigenvalue weighted by molar-refractivity contribution is -0.137. The first-order chi connectivity index (χ1) is 12.2. The number of aromatic amines is 1. The molecule has 2 aromatic heterocycles. The molecule has 2 heterocycles. The van der Waals surface area contributed by atoms with Gasteiger partial charge in [0, 0.05) is 35.6 Å². The second kappa shape index (κ2) is 7.85. The SMILES string of the molecule is Cc1nc(-c2ncccn2)[nH]c(=O)c1CC(=O)NC(C)(C)CCC(=O)O. The highest BCUT2D eigenvalue weighted by molar-refractivity contribution is 5.79. The fourth-order valence-electron chi connectivity index (χ4n) is 2.41. The van der Waals surface area contributed by atoms with Crippen molar-refractivity contribution >= 4 is 11.9 Å². The van der Waals surface area contributed by atoms with E-state index in [9.17, 15) is 14.4 Å². The molecule has 0 aromatic carbocycles. The summed E-state index contributed by atoms with van der Waals surface area (Å²) in [6.45, 7) is 5.11. The Balaban J connectivity index is 2.13. The molecule has 26 heavy (non-hydrogen) atoms. The highest BCUT2D eigenvalue weighted by atomic mass is 16.4. The third kappa shape index (κ3) is 5.20. The minimum atomic E-state index is -0.928. The largest absolute Gasteiger partial charge is 0.481 e. The Labute approximate surface area is 149 Å². The molecule has 9 nitrogen and oxygen atoms in total. The zero-order valence-electron chi connectivity index (χ0n) is 14.9. The predicted octanol–water partition coefficient (Wildman–Crippen LogP) is 0.837. The zero-order chi connectivity index (χ0) is 19.3. The van der Waals surface area contributed by atoms with Crippen LogP contribution < -0.4 is 10.9 Å².